The van der Waals surface area contributed by atoms with Gasteiger partial charge in [0.1, 0.15) is 0 Å². The molecule has 0 amide bonds. The monoisotopic (exact) mass is 281 g/mol. The van der Waals surface area contributed by atoms with Gasteiger partial charge in [-0.2, -0.15) is 0 Å². The van der Waals surface area contributed by atoms with Gasteiger partial charge in [0, 0.05) is 24.8 Å². The average Bonchev–Trinajstić information content (AvgIpc) is 2.33. The second-order valence-electron chi connectivity index (χ2n) is 4.69. The molecule has 0 aliphatic rings. The Hall–Kier alpha value is 0.540. The maximum Gasteiger partial charge on any atom is 0.0351 e. The molecule has 0 saturated carbocycles. The molecular weight excluding hydrogens is 253 g/mol. The fraction of sp³-hybridized carbons (Fsp3) is 1.00. The van der Waals surface area contributed by atoms with Crippen LogP contribution in [0, 0.1) is 0 Å². The lowest BCUT2D eigenvalue weighted by Gasteiger charge is -2.19. The van der Waals surface area contributed by atoms with Gasteiger partial charge in [-0.05, 0) is 13.0 Å². The lowest BCUT2D eigenvalue weighted by Crippen LogP contribution is -2.28. The van der Waals surface area contributed by atoms with Crippen LogP contribution >= 0.6 is 23.2 Å². The molecule has 3 heteroatoms. The second kappa shape index (κ2) is 14.6. The summed E-state index contributed by atoms with van der Waals surface area (Å²) in [5.74, 6) is 1.43. The normalized spacial score (nSPS) is 11.3. The van der Waals surface area contributed by atoms with Crippen molar-refractivity contribution in [3.8, 4) is 0 Å². The number of unbranched alkanes of at least 4 members (excludes halogenated alkanes) is 7. The molecule has 0 rings (SSSR count). The lowest BCUT2D eigenvalue weighted by atomic mass is 10.1. The third-order valence-corrected chi connectivity index (χ3v) is 3.47. The van der Waals surface area contributed by atoms with Gasteiger partial charge in [0.15, 0.2) is 0 Å². The second-order valence-corrected chi connectivity index (χ2v) is 5.45. The highest BCUT2D eigenvalue weighted by atomic mass is 35.5. The minimum absolute atomic E-state index is 0.716. The van der Waals surface area contributed by atoms with E-state index < -0.39 is 0 Å². The van der Waals surface area contributed by atoms with Gasteiger partial charge in [0.05, 0.1) is 0 Å². The fourth-order valence-corrected chi connectivity index (χ4v) is 2.52. The maximum absolute atomic E-state index is 5.76. The highest BCUT2D eigenvalue weighted by molar-refractivity contribution is 6.18. The first-order valence-electron chi connectivity index (χ1n) is 7.19. The van der Waals surface area contributed by atoms with E-state index in [0.29, 0.717) is 11.8 Å². The molecule has 104 valence electrons. The van der Waals surface area contributed by atoms with Crippen LogP contribution in [0.25, 0.3) is 0 Å². The Balaban J connectivity index is 3.23. The van der Waals surface area contributed by atoms with E-state index in [-0.39, 0.29) is 0 Å². The zero-order valence-electron chi connectivity index (χ0n) is 11.4. The summed E-state index contributed by atoms with van der Waals surface area (Å²) in [6.07, 6.45) is 11.0. The van der Waals surface area contributed by atoms with Crippen LogP contribution in [0.15, 0.2) is 0 Å². The summed E-state index contributed by atoms with van der Waals surface area (Å²) < 4.78 is 0. The summed E-state index contributed by atoms with van der Waals surface area (Å²) in [6, 6.07) is 0. The molecule has 0 aromatic rings. The molecule has 0 heterocycles. The standard InChI is InChI=1S/C14H29Cl2N/c1-2-3-4-5-6-7-8-9-12-17(13-10-15)14-11-16/h2-14H2,1H3. The van der Waals surface area contributed by atoms with Crippen molar-refractivity contribution >= 4 is 23.2 Å². The summed E-state index contributed by atoms with van der Waals surface area (Å²) >= 11 is 11.5. The van der Waals surface area contributed by atoms with Crippen LogP contribution in [-0.2, 0) is 0 Å². The Labute approximate surface area is 118 Å². The van der Waals surface area contributed by atoms with Crippen LogP contribution in [0.3, 0.4) is 0 Å². The van der Waals surface area contributed by atoms with E-state index in [9.17, 15) is 0 Å². The van der Waals surface area contributed by atoms with Crippen molar-refractivity contribution in [2.24, 2.45) is 0 Å². The molecule has 0 aromatic heterocycles. The minimum Gasteiger partial charge on any atom is -0.301 e. The Morgan fingerprint density at radius 3 is 1.59 bits per heavy atom. The van der Waals surface area contributed by atoms with Crippen molar-refractivity contribution in [1.82, 2.24) is 4.90 Å². The zero-order valence-corrected chi connectivity index (χ0v) is 12.9. The van der Waals surface area contributed by atoms with E-state index in [1.54, 1.807) is 0 Å². The van der Waals surface area contributed by atoms with Crippen LogP contribution in [-0.4, -0.2) is 36.3 Å². The number of alkyl halides is 2. The maximum atomic E-state index is 5.76. The Morgan fingerprint density at radius 2 is 1.12 bits per heavy atom. The predicted molar refractivity (Wildman–Crippen MR) is 80.5 cm³/mol. The smallest absolute Gasteiger partial charge is 0.0351 e. The number of hydrogen-bond donors (Lipinski definition) is 0. The molecule has 0 aliphatic carbocycles. The molecule has 0 radical (unpaired) electrons. The first-order valence-corrected chi connectivity index (χ1v) is 8.26. The van der Waals surface area contributed by atoms with E-state index in [2.05, 4.69) is 11.8 Å². The van der Waals surface area contributed by atoms with E-state index in [1.165, 1.54) is 51.4 Å². The van der Waals surface area contributed by atoms with Crippen molar-refractivity contribution in [2.45, 2.75) is 58.3 Å². The van der Waals surface area contributed by atoms with Crippen LogP contribution in [0.1, 0.15) is 58.3 Å². The summed E-state index contributed by atoms with van der Waals surface area (Å²) in [5.41, 5.74) is 0. The van der Waals surface area contributed by atoms with E-state index in [4.69, 9.17) is 23.2 Å². The molecule has 0 atom stereocenters. The van der Waals surface area contributed by atoms with Crippen LogP contribution in [0.4, 0.5) is 0 Å². The molecule has 0 aromatic carbocycles. The van der Waals surface area contributed by atoms with Crippen LogP contribution in [0.5, 0.6) is 0 Å². The van der Waals surface area contributed by atoms with Crippen LogP contribution in [0.2, 0.25) is 0 Å². The molecule has 0 fully saturated rings. The molecule has 0 N–H and O–H groups in total. The SMILES string of the molecule is CCCCCCCCCCN(CCCl)CCCl. The molecule has 0 saturated heterocycles. The van der Waals surface area contributed by atoms with E-state index in [1.807, 2.05) is 0 Å². The molecule has 0 unspecified atom stereocenters. The Morgan fingerprint density at radius 1 is 0.647 bits per heavy atom. The predicted octanol–water partition coefficient (Wildman–Crippen LogP) is 4.91. The highest BCUT2D eigenvalue weighted by Gasteiger charge is 2.02. The topological polar surface area (TPSA) is 3.24 Å². The van der Waals surface area contributed by atoms with Gasteiger partial charge >= 0.3 is 0 Å². The van der Waals surface area contributed by atoms with Gasteiger partial charge in [-0.25, -0.2) is 0 Å². The largest absolute Gasteiger partial charge is 0.301 e. The van der Waals surface area contributed by atoms with Crippen molar-refractivity contribution in [3.05, 3.63) is 0 Å². The zero-order chi connectivity index (χ0) is 12.8. The van der Waals surface area contributed by atoms with E-state index in [0.717, 1.165) is 19.6 Å². The van der Waals surface area contributed by atoms with Crippen molar-refractivity contribution in [1.29, 1.82) is 0 Å². The van der Waals surface area contributed by atoms with E-state index >= 15 is 0 Å². The fourth-order valence-electron chi connectivity index (χ4n) is 2.04. The summed E-state index contributed by atoms with van der Waals surface area (Å²) in [7, 11) is 0. The molecule has 0 bridgehead atoms. The molecule has 0 aliphatic heterocycles. The van der Waals surface area contributed by atoms with Gasteiger partial charge in [0.2, 0.25) is 0 Å². The van der Waals surface area contributed by atoms with Crippen molar-refractivity contribution in [3.63, 3.8) is 0 Å². The first kappa shape index (κ1) is 17.5. The quantitative estimate of drug-likeness (QED) is 0.343. The highest BCUT2D eigenvalue weighted by Crippen LogP contribution is 2.09. The summed E-state index contributed by atoms with van der Waals surface area (Å²) in [4.78, 5) is 2.37. The van der Waals surface area contributed by atoms with Gasteiger partial charge in [-0.1, -0.05) is 51.9 Å². The molecular formula is C14H29Cl2N. The lowest BCUT2D eigenvalue weighted by molar-refractivity contribution is 0.298. The minimum atomic E-state index is 0.716. The van der Waals surface area contributed by atoms with Crippen molar-refractivity contribution in [2.75, 3.05) is 31.4 Å². The summed E-state index contributed by atoms with van der Waals surface area (Å²) in [6.45, 7) is 5.38. The van der Waals surface area contributed by atoms with Gasteiger partial charge in [-0.15, -0.1) is 23.2 Å². The Kier molecular flexibility index (Phi) is 15.1. The number of nitrogens with zero attached hydrogens (tertiary/aromatic N) is 1. The average molecular weight is 282 g/mol. The molecule has 17 heavy (non-hydrogen) atoms. The summed E-state index contributed by atoms with van der Waals surface area (Å²) in [5, 5.41) is 0. The van der Waals surface area contributed by atoms with Crippen molar-refractivity contribution < 1.29 is 0 Å². The van der Waals surface area contributed by atoms with Gasteiger partial charge < -0.3 is 4.90 Å². The number of rotatable bonds is 13. The molecule has 0 spiro atoms. The van der Waals surface area contributed by atoms with Gasteiger partial charge in [-0.3, -0.25) is 0 Å². The first-order chi connectivity index (χ1) is 8.35. The molecule has 1 nitrogen and oxygen atoms in total. The van der Waals surface area contributed by atoms with Gasteiger partial charge in [0.25, 0.3) is 0 Å². The Bertz CT molecular complexity index is 136. The number of halogens is 2. The number of hydrogen-bond acceptors (Lipinski definition) is 1. The third kappa shape index (κ3) is 12.8. The van der Waals surface area contributed by atoms with Crippen LogP contribution < -0.4 is 0 Å². The third-order valence-electron chi connectivity index (χ3n) is 3.13.